The fraction of sp³-hybridized carbons (Fsp3) is 0.143. The van der Waals surface area contributed by atoms with E-state index < -0.39 is 5.97 Å². The lowest BCUT2D eigenvalue weighted by atomic mass is 10.1. The van der Waals surface area contributed by atoms with E-state index in [1.807, 2.05) is 6.92 Å². The Morgan fingerprint density at radius 1 is 1.37 bits per heavy atom. The van der Waals surface area contributed by atoms with Crippen molar-refractivity contribution in [3.8, 4) is 5.75 Å². The number of aromatic carboxylic acids is 1. The highest BCUT2D eigenvalue weighted by Crippen LogP contribution is 2.18. The Kier molecular flexibility index (Phi) is 4.02. The van der Waals surface area contributed by atoms with E-state index in [1.54, 1.807) is 30.5 Å². The molecular weight excluding hydrogens is 266 g/mol. The van der Waals surface area contributed by atoms with E-state index in [-0.39, 0.29) is 5.56 Å². The van der Waals surface area contributed by atoms with Gasteiger partial charge in [-0.2, -0.15) is 0 Å². The molecule has 0 spiro atoms. The minimum absolute atomic E-state index is 0.269. The maximum absolute atomic E-state index is 10.8. The molecule has 0 bridgehead atoms. The second-order valence-electron chi connectivity index (χ2n) is 4.07. The third-order valence-corrected chi connectivity index (χ3v) is 2.87. The van der Waals surface area contributed by atoms with Crippen molar-refractivity contribution in [3.63, 3.8) is 0 Å². The molecule has 0 aliphatic carbocycles. The fourth-order valence-electron chi connectivity index (χ4n) is 1.62. The average molecular weight is 278 g/mol. The summed E-state index contributed by atoms with van der Waals surface area (Å²) in [7, 11) is 0. The summed E-state index contributed by atoms with van der Waals surface area (Å²) < 4.78 is 5.56. The molecule has 0 fully saturated rings. The number of carboxylic acid groups (broad SMARTS) is 1. The molecule has 4 nitrogen and oxygen atoms in total. The van der Waals surface area contributed by atoms with Gasteiger partial charge in [0.2, 0.25) is 0 Å². The number of aryl methyl sites for hydroxylation is 1. The zero-order valence-electron chi connectivity index (χ0n) is 10.3. The number of hydrogen-bond donors (Lipinski definition) is 1. The van der Waals surface area contributed by atoms with Crippen LogP contribution < -0.4 is 4.74 Å². The first-order chi connectivity index (χ1) is 9.06. The minimum Gasteiger partial charge on any atom is -0.487 e. The van der Waals surface area contributed by atoms with Crippen molar-refractivity contribution in [1.82, 2.24) is 4.98 Å². The number of carboxylic acids is 1. The van der Waals surface area contributed by atoms with Gasteiger partial charge in [-0.25, -0.2) is 4.79 Å². The zero-order valence-corrected chi connectivity index (χ0v) is 11.0. The van der Waals surface area contributed by atoms with Crippen LogP contribution in [0.15, 0.2) is 36.7 Å². The number of nitrogens with zero attached hydrogens (tertiary/aromatic N) is 1. The molecule has 1 N–H and O–H groups in total. The summed E-state index contributed by atoms with van der Waals surface area (Å²) in [6, 6.07) is 6.60. The van der Waals surface area contributed by atoms with Gasteiger partial charge in [-0.05, 0) is 30.2 Å². The van der Waals surface area contributed by atoms with Crippen molar-refractivity contribution < 1.29 is 14.6 Å². The van der Waals surface area contributed by atoms with Crippen LogP contribution in [0.2, 0.25) is 5.02 Å². The first kappa shape index (κ1) is 13.4. The predicted molar refractivity (Wildman–Crippen MR) is 71.7 cm³/mol. The summed E-state index contributed by atoms with van der Waals surface area (Å²) in [5.41, 5.74) is 2.06. The number of rotatable bonds is 4. The molecule has 19 heavy (non-hydrogen) atoms. The quantitative estimate of drug-likeness (QED) is 0.931. The number of pyridine rings is 1. The largest absolute Gasteiger partial charge is 0.487 e. The molecule has 0 aliphatic heterocycles. The summed E-state index contributed by atoms with van der Waals surface area (Å²) >= 11 is 5.81. The van der Waals surface area contributed by atoms with Crippen LogP contribution in [0, 0.1) is 6.92 Å². The lowest BCUT2D eigenvalue weighted by Gasteiger charge is -2.09. The van der Waals surface area contributed by atoms with E-state index in [0.29, 0.717) is 17.4 Å². The molecule has 1 aromatic carbocycles. The van der Waals surface area contributed by atoms with Crippen molar-refractivity contribution in [1.29, 1.82) is 0 Å². The van der Waals surface area contributed by atoms with Gasteiger partial charge < -0.3 is 9.84 Å². The highest BCUT2D eigenvalue weighted by Gasteiger charge is 2.06. The van der Waals surface area contributed by atoms with Crippen LogP contribution in [-0.4, -0.2) is 16.1 Å². The highest BCUT2D eigenvalue weighted by atomic mass is 35.5. The summed E-state index contributed by atoms with van der Waals surface area (Å²) in [4.78, 5) is 14.7. The number of benzene rings is 1. The Hall–Kier alpha value is -2.07. The van der Waals surface area contributed by atoms with Gasteiger partial charge in [0.15, 0.2) is 0 Å². The molecule has 0 unspecified atom stereocenters. The Balaban J connectivity index is 2.10. The number of halogens is 1. The van der Waals surface area contributed by atoms with Crippen molar-refractivity contribution in [2.75, 3.05) is 0 Å². The number of hydrogen-bond acceptors (Lipinski definition) is 3. The zero-order chi connectivity index (χ0) is 13.8. The third kappa shape index (κ3) is 3.45. The average Bonchev–Trinajstić information content (AvgIpc) is 2.37. The van der Waals surface area contributed by atoms with Crippen molar-refractivity contribution in [2.45, 2.75) is 13.5 Å². The van der Waals surface area contributed by atoms with Crippen LogP contribution in [0.1, 0.15) is 21.5 Å². The minimum atomic E-state index is -0.936. The summed E-state index contributed by atoms with van der Waals surface area (Å²) in [6.07, 6.45) is 3.11. The summed E-state index contributed by atoms with van der Waals surface area (Å²) in [6.45, 7) is 2.19. The van der Waals surface area contributed by atoms with Gasteiger partial charge in [-0.3, -0.25) is 4.98 Å². The van der Waals surface area contributed by atoms with E-state index >= 15 is 0 Å². The van der Waals surface area contributed by atoms with Gasteiger partial charge >= 0.3 is 5.97 Å². The van der Waals surface area contributed by atoms with E-state index in [9.17, 15) is 4.79 Å². The molecule has 0 amide bonds. The summed E-state index contributed by atoms with van der Waals surface area (Å²) in [5.74, 6) is -0.358. The van der Waals surface area contributed by atoms with Crippen molar-refractivity contribution in [2.24, 2.45) is 0 Å². The standard InChI is InChI=1S/C14H12ClNO3/c1-9-4-10(14(17)18)2-3-11(9)8-19-13-5-12(15)6-16-7-13/h2-7H,8H2,1H3,(H,17,18). The van der Waals surface area contributed by atoms with Crippen molar-refractivity contribution >= 4 is 17.6 Å². The lowest BCUT2D eigenvalue weighted by molar-refractivity contribution is 0.0696. The number of aromatic nitrogens is 1. The molecule has 0 saturated carbocycles. The van der Waals surface area contributed by atoms with Gasteiger partial charge in [-0.15, -0.1) is 0 Å². The van der Waals surface area contributed by atoms with Crippen LogP contribution in [0.3, 0.4) is 0 Å². The van der Waals surface area contributed by atoms with Gasteiger partial charge in [0, 0.05) is 12.3 Å². The Bertz CT molecular complexity index is 613. The first-order valence-corrected chi connectivity index (χ1v) is 6.00. The van der Waals surface area contributed by atoms with Gasteiger partial charge in [0.05, 0.1) is 16.8 Å². The molecule has 1 aromatic heterocycles. The Morgan fingerprint density at radius 3 is 2.79 bits per heavy atom. The Labute approximate surface area is 115 Å². The maximum atomic E-state index is 10.8. The smallest absolute Gasteiger partial charge is 0.335 e. The van der Waals surface area contributed by atoms with Crippen LogP contribution in [0.4, 0.5) is 0 Å². The second kappa shape index (κ2) is 5.71. The molecular formula is C14H12ClNO3. The molecule has 0 atom stereocenters. The number of ether oxygens (including phenoxy) is 1. The topological polar surface area (TPSA) is 59.4 Å². The SMILES string of the molecule is Cc1cc(C(=O)O)ccc1COc1cncc(Cl)c1. The molecule has 5 heteroatoms. The van der Waals surface area contributed by atoms with Crippen LogP contribution in [0.5, 0.6) is 5.75 Å². The lowest BCUT2D eigenvalue weighted by Crippen LogP contribution is -2.02. The third-order valence-electron chi connectivity index (χ3n) is 2.66. The maximum Gasteiger partial charge on any atom is 0.335 e. The van der Waals surface area contributed by atoms with Gasteiger partial charge in [0.1, 0.15) is 12.4 Å². The highest BCUT2D eigenvalue weighted by molar-refractivity contribution is 6.30. The molecule has 0 aliphatic rings. The van der Waals surface area contributed by atoms with Gasteiger partial charge in [-0.1, -0.05) is 17.7 Å². The van der Waals surface area contributed by atoms with E-state index in [2.05, 4.69) is 4.98 Å². The second-order valence-corrected chi connectivity index (χ2v) is 4.51. The monoisotopic (exact) mass is 277 g/mol. The van der Waals surface area contributed by atoms with Crippen LogP contribution in [0.25, 0.3) is 0 Å². The van der Waals surface area contributed by atoms with Gasteiger partial charge in [0.25, 0.3) is 0 Å². The van der Waals surface area contributed by atoms with E-state index in [0.717, 1.165) is 11.1 Å². The molecule has 2 rings (SSSR count). The van der Waals surface area contributed by atoms with Crippen LogP contribution >= 0.6 is 11.6 Å². The van der Waals surface area contributed by atoms with E-state index in [1.165, 1.54) is 6.20 Å². The first-order valence-electron chi connectivity index (χ1n) is 5.62. The molecule has 1 heterocycles. The predicted octanol–water partition coefficient (Wildman–Crippen LogP) is 3.32. The number of carbonyl (C=O) groups is 1. The van der Waals surface area contributed by atoms with Crippen LogP contribution in [-0.2, 0) is 6.61 Å². The van der Waals surface area contributed by atoms with E-state index in [4.69, 9.17) is 21.4 Å². The molecule has 98 valence electrons. The van der Waals surface area contributed by atoms with Crippen molar-refractivity contribution in [3.05, 3.63) is 58.4 Å². The summed E-state index contributed by atoms with van der Waals surface area (Å²) in [5, 5.41) is 9.39. The molecule has 0 radical (unpaired) electrons. The molecule has 0 saturated heterocycles. The Morgan fingerprint density at radius 2 is 2.16 bits per heavy atom. The normalized spacial score (nSPS) is 10.2. The fourth-order valence-corrected chi connectivity index (χ4v) is 1.79. The molecule has 2 aromatic rings.